The van der Waals surface area contributed by atoms with Gasteiger partial charge in [0.25, 0.3) is 5.91 Å². The molecular weight excluding hydrogens is 336 g/mol. The Bertz CT molecular complexity index is 875. The molecule has 1 heterocycles. The Labute approximate surface area is 150 Å². The Kier molecular flexibility index (Phi) is 5.09. The normalized spacial score (nSPS) is 17.1. The van der Waals surface area contributed by atoms with Crippen LogP contribution in [0.4, 0.5) is 5.69 Å². The number of ether oxygens (including phenoxy) is 1. The lowest BCUT2D eigenvalue weighted by atomic mass is 10.2. The number of amidine groups is 1. The van der Waals surface area contributed by atoms with Crippen LogP contribution in [-0.4, -0.2) is 22.8 Å². The quantitative estimate of drug-likeness (QED) is 0.815. The Morgan fingerprint density at radius 2 is 2.08 bits per heavy atom. The molecule has 128 valence electrons. The number of carbonyl (C=O) groups excluding carboxylic acids is 1. The fourth-order valence-electron chi connectivity index (χ4n) is 2.32. The van der Waals surface area contributed by atoms with E-state index in [-0.39, 0.29) is 11.7 Å². The van der Waals surface area contributed by atoms with Gasteiger partial charge in [-0.2, -0.15) is 0 Å². The lowest BCUT2D eigenvalue weighted by molar-refractivity contribution is -0.115. The molecule has 1 amide bonds. The highest BCUT2D eigenvalue weighted by Crippen LogP contribution is 2.32. The maximum Gasteiger partial charge on any atom is 0.264 e. The summed E-state index contributed by atoms with van der Waals surface area (Å²) in [6.07, 6.45) is 1.75. The molecule has 0 spiro atoms. The molecule has 0 radical (unpaired) electrons. The summed E-state index contributed by atoms with van der Waals surface area (Å²) in [6.45, 7) is 4.28. The molecule has 2 aromatic rings. The highest BCUT2D eigenvalue weighted by atomic mass is 32.2. The van der Waals surface area contributed by atoms with Gasteiger partial charge in [0.1, 0.15) is 0 Å². The molecule has 0 unspecified atom stereocenters. The number of amides is 1. The number of thioether (sulfide) groups is 1. The number of aliphatic imine (C=N–C) groups is 1. The predicted molar refractivity (Wildman–Crippen MR) is 101 cm³/mol. The first kappa shape index (κ1) is 17.1. The van der Waals surface area contributed by atoms with E-state index >= 15 is 0 Å². The molecule has 6 heteroatoms. The van der Waals surface area contributed by atoms with E-state index in [0.29, 0.717) is 22.4 Å². The van der Waals surface area contributed by atoms with Crippen LogP contribution in [0.5, 0.6) is 11.5 Å². The molecule has 1 aliphatic rings. The first-order chi connectivity index (χ1) is 12.1. The molecule has 1 saturated heterocycles. The van der Waals surface area contributed by atoms with Gasteiger partial charge in [0.05, 0.1) is 17.2 Å². The third-order valence-corrected chi connectivity index (χ3v) is 4.48. The summed E-state index contributed by atoms with van der Waals surface area (Å²) in [5, 5.41) is 13.1. The van der Waals surface area contributed by atoms with Crippen LogP contribution in [-0.2, 0) is 4.79 Å². The molecule has 0 bridgehead atoms. The van der Waals surface area contributed by atoms with Crippen molar-refractivity contribution in [3.05, 3.63) is 58.5 Å². The van der Waals surface area contributed by atoms with E-state index in [1.165, 1.54) is 11.8 Å². The summed E-state index contributed by atoms with van der Waals surface area (Å²) in [5.74, 6) is 0.284. The number of hydrogen-bond acceptors (Lipinski definition) is 5. The minimum atomic E-state index is -0.191. The molecule has 1 fully saturated rings. The number of aryl methyl sites for hydroxylation is 1. The number of carbonyl (C=O) groups is 1. The summed E-state index contributed by atoms with van der Waals surface area (Å²) in [4.78, 5) is 17.2. The number of para-hydroxylation sites is 1. The Balaban J connectivity index is 1.84. The second-order valence-corrected chi connectivity index (χ2v) is 6.46. The average Bonchev–Trinajstić information content (AvgIpc) is 2.92. The van der Waals surface area contributed by atoms with Gasteiger partial charge in [0.15, 0.2) is 16.7 Å². The molecule has 2 aromatic carbocycles. The average molecular weight is 354 g/mol. The standard InChI is InChI=1S/C19H18N2O3S/c1-3-24-16-10-13(8-9-15(16)22)11-17-18(23)21-19(25-17)20-14-7-5-4-6-12(14)2/h4-11,22H,3H2,1-2H3,(H,20,21,23)/b17-11+. The van der Waals surface area contributed by atoms with E-state index in [2.05, 4.69) is 10.3 Å². The van der Waals surface area contributed by atoms with Gasteiger partial charge in [-0.05, 0) is 61.0 Å². The molecule has 0 atom stereocenters. The fraction of sp³-hybridized carbons (Fsp3) is 0.158. The van der Waals surface area contributed by atoms with Gasteiger partial charge in [0, 0.05) is 0 Å². The van der Waals surface area contributed by atoms with E-state index in [0.717, 1.165) is 16.8 Å². The van der Waals surface area contributed by atoms with Crippen LogP contribution < -0.4 is 10.1 Å². The second kappa shape index (κ2) is 7.44. The minimum absolute atomic E-state index is 0.0781. The Hall–Kier alpha value is -2.73. The smallest absolute Gasteiger partial charge is 0.264 e. The van der Waals surface area contributed by atoms with Crippen molar-refractivity contribution >= 4 is 34.6 Å². The fourth-order valence-corrected chi connectivity index (χ4v) is 3.16. The van der Waals surface area contributed by atoms with Gasteiger partial charge in [-0.25, -0.2) is 4.99 Å². The zero-order valence-electron chi connectivity index (χ0n) is 13.9. The molecule has 2 N–H and O–H groups in total. The Morgan fingerprint density at radius 1 is 1.28 bits per heavy atom. The summed E-state index contributed by atoms with van der Waals surface area (Å²) in [6, 6.07) is 12.7. The number of aromatic hydroxyl groups is 1. The zero-order chi connectivity index (χ0) is 17.8. The number of rotatable bonds is 4. The van der Waals surface area contributed by atoms with Gasteiger partial charge in [-0.1, -0.05) is 24.3 Å². The van der Waals surface area contributed by atoms with E-state index in [1.807, 2.05) is 38.1 Å². The molecule has 1 aliphatic heterocycles. The first-order valence-corrected chi connectivity index (χ1v) is 8.69. The molecule has 25 heavy (non-hydrogen) atoms. The summed E-state index contributed by atoms with van der Waals surface area (Å²) in [5.41, 5.74) is 2.65. The van der Waals surface area contributed by atoms with Crippen LogP contribution in [0, 0.1) is 6.92 Å². The van der Waals surface area contributed by atoms with Gasteiger partial charge in [-0.15, -0.1) is 0 Å². The molecule has 0 aromatic heterocycles. The predicted octanol–water partition coefficient (Wildman–Crippen LogP) is 3.99. The summed E-state index contributed by atoms with van der Waals surface area (Å²) in [7, 11) is 0. The van der Waals surface area contributed by atoms with Crippen molar-refractivity contribution in [2.45, 2.75) is 13.8 Å². The largest absolute Gasteiger partial charge is 0.504 e. The number of phenolic OH excluding ortho intramolecular Hbond substituents is 1. The molecule has 5 nitrogen and oxygen atoms in total. The zero-order valence-corrected chi connectivity index (χ0v) is 14.8. The van der Waals surface area contributed by atoms with E-state index < -0.39 is 0 Å². The lowest BCUT2D eigenvalue weighted by Gasteiger charge is -2.06. The number of nitrogens with zero attached hydrogens (tertiary/aromatic N) is 1. The van der Waals surface area contributed by atoms with Crippen molar-refractivity contribution in [1.29, 1.82) is 0 Å². The topological polar surface area (TPSA) is 70.9 Å². The number of hydrogen-bond donors (Lipinski definition) is 2. The van der Waals surface area contributed by atoms with Crippen molar-refractivity contribution in [2.24, 2.45) is 4.99 Å². The molecule has 0 aliphatic carbocycles. The van der Waals surface area contributed by atoms with Crippen LogP contribution in [0.2, 0.25) is 0 Å². The third-order valence-electron chi connectivity index (χ3n) is 3.57. The highest BCUT2D eigenvalue weighted by Gasteiger charge is 2.24. The van der Waals surface area contributed by atoms with Crippen LogP contribution >= 0.6 is 11.8 Å². The molecule has 0 saturated carbocycles. The maximum atomic E-state index is 12.2. The second-order valence-electron chi connectivity index (χ2n) is 5.43. The van der Waals surface area contributed by atoms with Crippen molar-refractivity contribution in [2.75, 3.05) is 6.61 Å². The van der Waals surface area contributed by atoms with Crippen LogP contribution in [0.1, 0.15) is 18.1 Å². The van der Waals surface area contributed by atoms with Gasteiger partial charge in [0.2, 0.25) is 0 Å². The highest BCUT2D eigenvalue weighted by molar-refractivity contribution is 8.18. The van der Waals surface area contributed by atoms with Gasteiger partial charge < -0.3 is 15.2 Å². The number of phenols is 1. The van der Waals surface area contributed by atoms with Crippen molar-refractivity contribution in [1.82, 2.24) is 5.32 Å². The summed E-state index contributed by atoms with van der Waals surface area (Å²) >= 11 is 1.29. The number of benzene rings is 2. The maximum absolute atomic E-state index is 12.2. The van der Waals surface area contributed by atoms with E-state index in [4.69, 9.17) is 4.74 Å². The van der Waals surface area contributed by atoms with Crippen molar-refractivity contribution < 1.29 is 14.6 Å². The van der Waals surface area contributed by atoms with Crippen LogP contribution in [0.15, 0.2) is 52.4 Å². The monoisotopic (exact) mass is 354 g/mol. The lowest BCUT2D eigenvalue weighted by Crippen LogP contribution is -2.19. The van der Waals surface area contributed by atoms with Crippen LogP contribution in [0.3, 0.4) is 0 Å². The molecule has 3 rings (SSSR count). The molecular formula is C19H18N2O3S. The van der Waals surface area contributed by atoms with Gasteiger partial charge in [-0.3, -0.25) is 4.79 Å². The van der Waals surface area contributed by atoms with Crippen LogP contribution in [0.25, 0.3) is 6.08 Å². The SMILES string of the molecule is CCOc1cc(/C=C2/SC(=Nc3ccccc3C)NC2=O)ccc1O. The number of nitrogens with one attached hydrogen (secondary N) is 1. The third kappa shape index (κ3) is 4.03. The summed E-state index contributed by atoms with van der Waals surface area (Å²) < 4.78 is 5.37. The Morgan fingerprint density at radius 3 is 2.84 bits per heavy atom. The van der Waals surface area contributed by atoms with E-state index in [1.54, 1.807) is 24.3 Å². The first-order valence-electron chi connectivity index (χ1n) is 7.88. The minimum Gasteiger partial charge on any atom is -0.504 e. The van der Waals surface area contributed by atoms with Crippen molar-refractivity contribution in [3.8, 4) is 11.5 Å². The van der Waals surface area contributed by atoms with Gasteiger partial charge >= 0.3 is 0 Å². The van der Waals surface area contributed by atoms with E-state index in [9.17, 15) is 9.90 Å². The van der Waals surface area contributed by atoms with Crippen molar-refractivity contribution in [3.63, 3.8) is 0 Å².